The summed E-state index contributed by atoms with van der Waals surface area (Å²) in [5.74, 6) is -1.18. The zero-order chi connectivity index (χ0) is 16.8. The van der Waals surface area contributed by atoms with E-state index in [9.17, 15) is 18.0 Å². The maximum absolute atomic E-state index is 11.7. The van der Waals surface area contributed by atoms with Crippen molar-refractivity contribution in [2.24, 2.45) is 0 Å². The van der Waals surface area contributed by atoms with E-state index in [4.69, 9.17) is 0 Å². The number of sulfone groups is 1. The molecule has 0 aromatic heterocycles. The van der Waals surface area contributed by atoms with Crippen molar-refractivity contribution in [2.75, 3.05) is 22.6 Å². The van der Waals surface area contributed by atoms with Gasteiger partial charge in [0.2, 0.25) is 11.8 Å². The molecule has 0 unspecified atom stereocenters. The van der Waals surface area contributed by atoms with Crippen molar-refractivity contribution in [3.8, 4) is 0 Å². The Balaban J connectivity index is 2.69. The highest BCUT2D eigenvalue weighted by Crippen LogP contribution is 2.20. The molecule has 7 heteroatoms. The number of unbranched alkanes of at least 4 members (excludes halogenated alkanes) is 1. The number of anilines is 2. The SMILES string of the molecule is CCCCC(=O)Nc1ccc(NC(=O)CS(C)(=O)=O)cc1C. The first kappa shape index (κ1) is 18.2. The number of aryl methyl sites for hydroxylation is 1. The Hall–Kier alpha value is -1.89. The van der Waals surface area contributed by atoms with Crippen LogP contribution in [0.4, 0.5) is 11.4 Å². The van der Waals surface area contributed by atoms with Crippen LogP contribution in [-0.2, 0) is 19.4 Å². The quantitative estimate of drug-likeness (QED) is 0.802. The van der Waals surface area contributed by atoms with Crippen LogP contribution in [-0.4, -0.2) is 32.2 Å². The van der Waals surface area contributed by atoms with Crippen molar-refractivity contribution in [1.82, 2.24) is 0 Å². The predicted octanol–water partition coefficient (Wildman–Crippen LogP) is 2.11. The molecule has 0 saturated carbocycles. The summed E-state index contributed by atoms with van der Waals surface area (Å²) in [6, 6.07) is 5.01. The summed E-state index contributed by atoms with van der Waals surface area (Å²) >= 11 is 0. The van der Waals surface area contributed by atoms with Crippen molar-refractivity contribution in [2.45, 2.75) is 33.1 Å². The molecule has 122 valence electrons. The summed E-state index contributed by atoms with van der Waals surface area (Å²) in [7, 11) is -3.36. The number of carbonyl (C=O) groups excluding carboxylic acids is 2. The molecule has 1 rings (SSSR count). The van der Waals surface area contributed by atoms with Gasteiger partial charge in [0, 0.05) is 24.1 Å². The lowest BCUT2D eigenvalue weighted by molar-refractivity contribution is -0.116. The normalized spacial score (nSPS) is 11.0. The highest BCUT2D eigenvalue weighted by atomic mass is 32.2. The minimum Gasteiger partial charge on any atom is -0.326 e. The fourth-order valence-electron chi connectivity index (χ4n) is 1.87. The fourth-order valence-corrected chi connectivity index (χ4v) is 2.42. The molecule has 1 aromatic rings. The van der Waals surface area contributed by atoms with Gasteiger partial charge >= 0.3 is 0 Å². The molecule has 0 aliphatic carbocycles. The van der Waals surface area contributed by atoms with Gasteiger partial charge in [0.05, 0.1) is 0 Å². The van der Waals surface area contributed by atoms with Crippen LogP contribution in [0.1, 0.15) is 31.7 Å². The van der Waals surface area contributed by atoms with Crippen LogP contribution >= 0.6 is 0 Å². The zero-order valence-corrected chi connectivity index (χ0v) is 13.9. The van der Waals surface area contributed by atoms with Gasteiger partial charge in [0.25, 0.3) is 0 Å². The Labute approximate surface area is 131 Å². The molecule has 2 amide bonds. The smallest absolute Gasteiger partial charge is 0.239 e. The van der Waals surface area contributed by atoms with Crippen molar-refractivity contribution < 1.29 is 18.0 Å². The number of benzene rings is 1. The van der Waals surface area contributed by atoms with Gasteiger partial charge < -0.3 is 10.6 Å². The molecule has 0 saturated heterocycles. The Morgan fingerprint density at radius 1 is 1.14 bits per heavy atom. The molecule has 0 bridgehead atoms. The number of amides is 2. The first-order chi connectivity index (χ1) is 10.2. The van der Waals surface area contributed by atoms with Crippen LogP contribution in [0, 0.1) is 6.92 Å². The standard InChI is InChI=1S/C15H22N2O4S/c1-4-5-6-14(18)17-13-8-7-12(9-11(13)2)16-15(19)10-22(3,20)21/h7-9H,4-6,10H2,1-3H3,(H,16,19)(H,17,18). The third-order valence-electron chi connectivity index (χ3n) is 2.93. The Bertz CT molecular complexity index is 654. The van der Waals surface area contributed by atoms with E-state index in [1.807, 2.05) is 13.8 Å². The highest BCUT2D eigenvalue weighted by Gasteiger charge is 2.12. The molecule has 0 spiro atoms. The van der Waals surface area contributed by atoms with E-state index in [-0.39, 0.29) is 5.91 Å². The molecule has 0 aliphatic heterocycles. The number of nitrogens with one attached hydrogen (secondary N) is 2. The molecule has 1 aromatic carbocycles. The Kier molecular flexibility index (Phi) is 6.55. The van der Waals surface area contributed by atoms with E-state index >= 15 is 0 Å². The van der Waals surface area contributed by atoms with Gasteiger partial charge in [-0.25, -0.2) is 8.42 Å². The van der Waals surface area contributed by atoms with Crippen LogP contribution in [0.25, 0.3) is 0 Å². The largest absolute Gasteiger partial charge is 0.326 e. The molecule has 22 heavy (non-hydrogen) atoms. The van der Waals surface area contributed by atoms with E-state index in [0.29, 0.717) is 17.8 Å². The van der Waals surface area contributed by atoms with Gasteiger partial charge in [0.1, 0.15) is 5.75 Å². The lowest BCUT2D eigenvalue weighted by atomic mass is 10.1. The van der Waals surface area contributed by atoms with E-state index in [1.165, 1.54) is 0 Å². The molecule has 6 nitrogen and oxygen atoms in total. The van der Waals surface area contributed by atoms with E-state index in [0.717, 1.165) is 24.7 Å². The minimum atomic E-state index is -3.36. The van der Waals surface area contributed by atoms with Crippen molar-refractivity contribution in [3.05, 3.63) is 23.8 Å². The Morgan fingerprint density at radius 2 is 1.82 bits per heavy atom. The predicted molar refractivity (Wildman–Crippen MR) is 87.7 cm³/mol. The topological polar surface area (TPSA) is 92.3 Å². The maximum atomic E-state index is 11.7. The first-order valence-electron chi connectivity index (χ1n) is 7.09. The van der Waals surface area contributed by atoms with Gasteiger partial charge in [0.15, 0.2) is 9.84 Å². The molecule has 2 N–H and O–H groups in total. The molecular weight excluding hydrogens is 304 g/mol. The second kappa shape index (κ2) is 7.93. The van der Waals surface area contributed by atoms with Crippen LogP contribution < -0.4 is 10.6 Å². The van der Waals surface area contributed by atoms with Crippen LogP contribution in [0.2, 0.25) is 0 Å². The second-order valence-corrected chi connectivity index (χ2v) is 7.44. The third kappa shape index (κ3) is 6.71. The van der Waals surface area contributed by atoms with Crippen molar-refractivity contribution >= 4 is 33.0 Å². The number of carbonyl (C=O) groups is 2. The summed E-state index contributed by atoms with van der Waals surface area (Å²) < 4.78 is 22.1. The molecule has 0 atom stereocenters. The summed E-state index contributed by atoms with van der Waals surface area (Å²) in [4.78, 5) is 23.3. The summed E-state index contributed by atoms with van der Waals surface area (Å²) in [6.45, 7) is 3.83. The second-order valence-electron chi connectivity index (χ2n) is 5.30. The average Bonchev–Trinajstić information content (AvgIpc) is 2.37. The summed E-state index contributed by atoms with van der Waals surface area (Å²) in [5, 5.41) is 5.34. The van der Waals surface area contributed by atoms with E-state index in [1.54, 1.807) is 18.2 Å². The molecule has 0 radical (unpaired) electrons. The molecule has 0 heterocycles. The molecular formula is C15H22N2O4S. The van der Waals surface area contributed by atoms with Crippen molar-refractivity contribution in [1.29, 1.82) is 0 Å². The van der Waals surface area contributed by atoms with Gasteiger partial charge in [-0.15, -0.1) is 0 Å². The monoisotopic (exact) mass is 326 g/mol. The molecule has 0 fully saturated rings. The fraction of sp³-hybridized carbons (Fsp3) is 0.467. The van der Waals surface area contributed by atoms with Crippen LogP contribution in [0.5, 0.6) is 0 Å². The van der Waals surface area contributed by atoms with E-state index in [2.05, 4.69) is 10.6 Å². The third-order valence-corrected chi connectivity index (χ3v) is 3.72. The number of rotatable bonds is 7. The highest BCUT2D eigenvalue weighted by molar-refractivity contribution is 7.91. The Morgan fingerprint density at radius 3 is 2.36 bits per heavy atom. The first-order valence-corrected chi connectivity index (χ1v) is 9.15. The van der Waals surface area contributed by atoms with Gasteiger partial charge in [-0.3, -0.25) is 9.59 Å². The lowest BCUT2D eigenvalue weighted by Crippen LogP contribution is -2.22. The zero-order valence-electron chi connectivity index (χ0n) is 13.1. The van der Waals surface area contributed by atoms with Gasteiger partial charge in [-0.05, 0) is 37.1 Å². The maximum Gasteiger partial charge on any atom is 0.239 e. The van der Waals surface area contributed by atoms with Gasteiger partial charge in [-0.1, -0.05) is 13.3 Å². The number of hydrogen-bond acceptors (Lipinski definition) is 4. The summed E-state index contributed by atoms with van der Waals surface area (Å²) in [6.07, 6.45) is 3.28. The average molecular weight is 326 g/mol. The van der Waals surface area contributed by atoms with E-state index < -0.39 is 21.5 Å². The van der Waals surface area contributed by atoms with Gasteiger partial charge in [-0.2, -0.15) is 0 Å². The van der Waals surface area contributed by atoms with Crippen LogP contribution in [0.15, 0.2) is 18.2 Å². The lowest BCUT2D eigenvalue weighted by Gasteiger charge is -2.11. The van der Waals surface area contributed by atoms with Crippen LogP contribution in [0.3, 0.4) is 0 Å². The van der Waals surface area contributed by atoms with Crippen molar-refractivity contribution in [3.63, 3.8) is 0 Å². The minimum absolute atomic E-state index is 0.0428. The molecule has 0 aliphatic rings. The number of hydrogen-bond donors (Lipinski definition) is 2. The summed E-state index contributed by atoms with van der Waals surface area (Å²) in [5.41, 5.74) is 1.97.